The molecule has 0 aliphatic carbocycles. The molecule has 1 aromatic carbocycles. The van der Waals surface area contributed by atoms with E-state index in [0.717, 1.165) is 30.0 Å². The molecule has 0 fully saturated rings. The van der Waals surface area contributed by atoms with E-state index in [-0.39, 0.29) is 5.91 Å². The molecule has 0 atom stereocenters. The molecule has 8 nitrogen and oxygen atoms in total. The molecule has 170 valence electrons. The number of pyridine rings is 2. The molecule has 0 saturated carbocycles. The van der Waals surface area contributed by atoms with Gasteiger partial charge in [0.1, 0.15) is 18.2 Å². The van der Waals surface area contributed by atoms with Crippen molar-refractivity contribution in [2.24, 2.45) is 0 Å². The first-order chi connectivity index (χ1) is 17.0. The maximum absolute atomic E-state index is 12.6. The van der Waals surface area contributed by atoms with Crippen molar-refractivity contribution in [3.05, 3.63) is 87.1 Å². The molecule has 0 radical (unpaired) electrons. The number of H-pyrrole nitrogens is 1. The van der Waals surface area contributed by atoms with Crippen molar-refractivity contribution in [2.75, 3.05) is 5.32 Å². The number of carbonyl (C=O) groups excluding carboxylic acids is 1. The molecule has 35 heavy (non-hydrogen) atoms. The van der Waals surface area contributed by atoms with Crippen LogP contribution in [-0.4, -0.2) is 31.1 Å². The van der Waals surface area contributed by atoms with Gasteiger partial charge >= 0.3 is 0 Å². The summed E-state index contributed by atoms with van der Waals surface area (Å²) in [5, 5.41) is 21.7. The largest absolute Gasteiger partial charge is 0.327 e. The molecule has 4 heterocycles. The van der Waals surface area contributed by atoms with Crippen molar-refractivity contribution in [1.82, 2.24) is 25.1 Å². The lowest BCUT2D eigenvalue weighted by molar-refractivity contribution is 0.102. The highest BCUT2D eigenvalue weighted by atomic mass is 127. The molecule has 5 rings (SSSR count). The van der Waals surface area contributed by atoms with E-state index < -0.39 is 0 Å². The van der Waals surface area contributed by atoms with E-state index in [2.05, 4.69) is 59.1 Å². The lowest BCUT2D eigenvalue weighted by Gasteiger charge is -2.08. The molecule has 0 aliphatic rings. The van der Waals surface area contributed by atoms with Gasteiger partial charge in [-0.05, 0) is 70.1 Å². The van der Waals surface area contributed by atoms with Gasteiger partial charge in [-0.2, -0.15) is 5.26 Å². The number of nitrogens with one attached hydrogen (secondary N) is 2. The SMILES string of the molecule is N#Cc1c(-c2ccnc(NC(=O)c3ccncc3)c2)sc(-c2nnc[nH]2)c1-c1ccc(Cl)cc1I. The second-order valence-electron chi connectivity index (χ2n) is 7.20. The van der Waals surface area contributed by atoms with E-state index >= 15 is 0 Å². The van der Waals surface area contributed by atoms with E-state index in [1.165, 1.54) is 17.7 Å². The monoisotopic (exact) mass is 609 g/mol. The Labute approximate surface area is 222 Å². The summed E-state index contributed by atoms with van der Waals surface area (Å²) >= 11 is 9.80. The van der Waals surface area contributed by atoms with Gasteiger partial charge in [0.15, 0.2) is 5.82 Å². The smallest absolute Gasteiger partial charge is 0.256 e. The number of benzene rings is 1. The van der Waals surface area contributed by atoms with Gasteiger partial charge < -0.3 is 10.3 Å². The second-order valence-corrected chi connectivity index (χ2v) is 9.82. The molecule has 5 aromatic rings. The van der Waals surface area contributed by atoms with E-state index in [4.69, 9.17) is 11.6 Å². The van der Waals surface area contributed by atoms with Gasteiger partial charge in [-0.1, -0.05) is 17.7 Å². The number of thiophene rings is 1. The topological polar surface area (TPSA) is 120 Å². The summed E-state index contributed by atoms with van der Waals surface area (Å²) in [5.74, 6) is 0.617. The maximum Gasteiger partial charge on any atom is 0.256 e. The van der Waals surface area contributed by atoms with Crippen LogP contribution in [0.1, 0.15) is 15.9 Å². The Hall–Kier alpha value is -3.66. The van der Waals surface area contributed by atoms with Gasteiger partial charge in [0.25, 0.3) is 5.91 Å². The number of aromatic amines is 1. The summed E-state index contributed by atoms with van der Waals surface area (Å²) < 4.78 is 0.900. The van der Waals surface area contributed by atoms with Crippen LogP contribution in [0.4, 0.5) is 5.82 Å². The molecule has 0 unspecified atom stereocenters. The average molecular weight is 610 g/mol. The first-order valence-electron chi connectivity index (χ1n) is 10.1. The van der Waals surface area contributed by atoms with Crippen molar-refractivity contribution in [2.45, 2.75) is 0 Å². The molecule has 0 saturated heterocycles. The van der Waals surface area contributed by atoms with Crippen LogP contribution in [0.3, 0.4) is 0 Å². The number of rotatable bonds is 5. The highest BCUT2D eigenvalue weighted by molar-refractivity contribution is 14.1. The average Bonchev–Trinajstić information content (AvgIpc) is 3.53. The minimum atomic E-state index is -0.303. The third-order valence-corrected chi connectivity index (χ3v) is 7.43. The molecular formula is C24H13ClIN7OS. The number of nitrogens with zero attached hydrogens (tertiary/aromatic N) is 5. The van der Waals surface area contributed by atoms with Crippen molar-refractivity contribution in [1.29, 1.82) is 5.26 Å². The molecule has 1 amide bonds. The number of amides is 1. The van der Waals surface area contributed by atoms with Gasteiger partial charge in [0.2, 0.25) is 0 Å². The molecule has 0 spiro atoms. The zero-order chi connectivity index (χ0) is 24.4. The number of hydrogen-bond acceptors (Lipinski definition) is 7. The Morgan fingerprint density at radius 2 is 1.94 bits per heavy atom. The van der Waals surface area contributed by atoms with Crippen LogP contribution in [0, 0.1) is 14.9 Å². The molecule has 0 aliphatic heterocycles. The highest BCUT2D eigenvalue weighted by Gasteiger charge is 2.25. The van der Waals surface area contributed by atoms with Crippen molar-refractivity contribution < 1.29 is 4.79 Å². The van der Waals surface area contributed by atoms with E-state index in [1.807, 2.05) is 12.1 Å². The molecule has 4 aromatic heterocycles. The van der Waals surface area contributed by atoms with E-state index in [0.29, 0.717) is 27.8 Å². The van der Waals surface area contributed by atoms with Crippen molar-refractivity contribution >= 4 is 57.3 Å². The normalized spacial score (nSPS) is 10.7. The third-order valence-electron chi connectivity index (χ3n) is 5.06. The van der Waals surface area contributed by atoms with Gasteiger partial charge in [-0.15, -0.1) is 21.5 Å². The highest BCUT2D eigenvalue weighted by Crippen LogP contribution is 2.47. The van der Waals surface area contributed by atoms with Crippen LogP contribution >= 0.6 is 45.5 Å². The van der Waals surface area contributed by atoms with Crippen molar-refractivity contribution in [3.63, 3.8) is 0 Å². The Morgan fingerprint density at radius 3 is 2.66 bits per heavy atom. The zero-order valence-electron chi connectivity index (χ0n) is 17.7. The van der Waals surface area contributed by atoms with E-state index in [1.54, 1.807) is 48.9 Å². The van der Waals surface area contributed by atoms with Crippen LogP contribution in [0.5, 0.6) is 0 Å². The van der Waals surface area contributed by atoms with Crippen molar-refractivity contribution in [3.8, 4) is 38.3 Å². The number of hydrogen-bond donors (Lipinski definition) is 2. The summed E-state index contributed by atoms with van der Waals surface area (Å²) in [6, 6.07) is 14.7. The van der Waals surface area contributed by atoms with Crippen LogP contribution in [0.15, 0.2) is 67.4 Å². The van der Waals surface area contributed by atoms with Gasteiger partial charge in [0, 0.05) is 38.3 Å². The Balaban J connectivity index is 1.63. The lowest BCUT2D eigenvalue weighted by atomic mass is 9.98. The fourth-order valence-electron chi connectivity index (χ4n) is 3.51. The van der Waals surface area contributed by atoms with Gasteiger partial charge in [-0.3, -0.25) is 9.78 Å². The summed E-state index contributed by atoms with van der Waals surface area (Å²) in [6.07, 6.45) is 6.19. The molecule has 0 bridgehead atoms. The Morgan fingerprint density at radius 1 is 1.11 bits per heavy atom. The summed E-state index contributed by atoms with van der Waals surface area (Å²) in [5.41, 5.74) is 3.29. The van der Waals surface area contributed by atoms with Gasteiger partial charge in [0.05, 0.1) is 15.3 Å². The molecular weight excluding hydrogens is 597 g/mol. The summed E-state index contributed by atoms with van der Waals surface area (Å²) in [7, 11) is 0. The first-order valence-corrected chi connectivity index (χ1v) is 12.4. The van der Waals surface area contributed by atoms with Crippen LogP contribution in [0.2, 0.25) is 5.02 Å². The summed E-state index contributed by atoms with van der Waals surface area (Å²) in [4.78, 5) is 25.3. The van der Waals surface area contributed by atoms with Gasteiger partial charge in [-0.25, -0.2) is 4.98 Å². The minimum Gasteiger partial charge on any atom is -0.327 e. The Bertz CT molecular complexity index is 1580. The number of halogens is 2. The number of carbonyl (C=O) groups is 1. The predicted octanol–water partition coefficient (Wildman–Crippen LogP) is 6.04. The fourth-order valence-corrected chi connectivity index (χ4v) is 5.86. The first kappa shape index (κ1) is 23.1. The number of aromatic nitrogens is 5. The van der Waals surface area contributed by atoms with Crippen LogP contribution in [-0.2, 0) is 0 Å². The molecule has 2 N–H and O–H groups in total. The second kappa shape index (κ2) is 9.91. The fraction of sp³-hybridized carbons (Fsp3) is 0. The third kappa shape index (κ3) is 4.66. The quantitative estimate of drug-likeness (QED) is 0.235. The molecule has 11 heteroatoms. The van der Waals surface area contributed by atoms with E-state index in [9.17, 15) is 10.1 Å². The Kier molecular flexibility index (Phi) is 6.54. The zero-order valence-corrected chi connectivity index (χ0v) is 21.4. The minimum absolute atomic E-state index is 0.303. The summed E-state index contributed by atoms with van der Waals surface area (Å²) in [6.45, 7) is 0. The lowest BCUT2D eigenvalue weighted by Crippen LogP contribution is -2.12. The standard InChI is InChI=1S/C24H13ClIN7OS/c25-15-1-2-16(18(26)10-15)20-17(11-27)21(35-22(20)23-30-12-31-33-23)14-5-8-29-19(9-14)32-24(34)13-3-6-28-7-4-13/h1-10,12H,(H,29,32,34)(H,30,31,33). The number of nitriles is 1. The maximum atomic E-state index is 12.6. The van der Waals surface area contributed by atoms with Crippen LogP contribution in [0.25, 0.3) is 32.3 Å². The van der Waals surface area contributed by atoms with Crippen LogP contribution < -0.4 is 5.32 Å². The predicted molar refractivity (Wildman–Crippen MR) is 143 cm³/mol. The number of anilines is 1.